The number of carbonyl (C=O) groups excluding carboxylic acids is 2. The lowest BCUT2D eigenvalue weighted by Crippen LogP contribution is -2.36. The maximum Gasteiger partial charge on any atom is 0.243 e. The molecule has 0 aliphatic carbocycles. The minimum absolute atomic E-state index is 0.0561. The molecule has 114 valence electrons. The number of hydrogen-bond acceptors (Lipinski definition) is 4. The standard InChI is InChI=1S/C15H21N3O3/c1-12(19)17(2)11-15(20)16-13-3-5-14(6-4-13)18-7-9-21-10-8-18/h3-6H,7-11H2,1-2H3,(H,16,20). The van der Waals surface area contributed by atoms with Crippen molar-refractivity contribution in [2.75, 3.05) is 50.1 Å². The highest BCUT2D eigenvalue weighted by molar-refractivity contribution is 5.94. The quantitative estimate of drug-likeness (QED) is 0.897. The van der Waals surface area contributed by atoms with E-state index in [2.05, 4.69) is 10.2 Å². The summed E-state index contributed by atoms with van der Waals surface area (Å²) >= 11 is 0. The molecule has 1 fully saturated rings. The summed E-state index contributed by atoms with van der Waals surface area (Å²) in [4.78, 5) is 26.5. The first kappa shape index (κ1) is 15.3. The number of carbonyl (C=O) groups is 2. The fraction of sp³-hybridized carbons (Fsp3) is 0.467. The van der Waals surface area contributed by atoms with E-state index in [0.29, 0.717) is 0 Å². The minimum Gasteiger partial charge on any atom is -0.378 e. The van der Waals surface area contributed by atoms with E-state index < -0.39 is 0 Å². The summed E-state index contributed by atoms with van der Waals surface area (Å²) in [6.45, 7) is 4.75. The van der Waals surface area contributed by atoms with Gasteiger partial charge >= 0.3 is 0 Å². The van der Waals surface area contributed by atoms with Crippen LogP contribution in [0.2, 0.25) is 0 Å². The number of hydrogen-bond donors (Lipinski definition) is 1. The van der Waals surface area contributed by atoms with Crippen LogP contribution in [0.3, 0.4) is 0 Å². The van der Waals surface area contributed by atoms with E-state index in [1.165, 1.54) is 11.8 Å². The predicted molar refractivity (Wildman–Crippen MR) is 81.4 cm³/mol. The number of likely N-dealkylation sites (N-methyl/N-ethyl adjacent to an activating group) is 1. The van der Waals surface area contributed by atoms with Crippen LogP contribution in [0.4, 0.5) is 11.4 Å². The molecule has 0 unspecified atom stereocenters. The number of benzene rings is 1. The van der Waals surface area contributed by atoms with Gasteiger partial charge in [-0.25, -0.2) is 0 Å². The van der Waals surface area contributed by atoms with E-state index >= 15 is 0 Å². The van der Waals surface area contributed by atoms with Crippen LogP contribution in [0.1, 0.15) is 6.92 Å². The van der Waals surface area contributed by atoms with Gasteiger partial charge in [0.15, 0.2) is 0 Å². The molecule has 1 saturated heterocycles. The smallest absolute Gasteiger partial charge is 0.243 e. The first-order chi connectivity index (χ1) is 10.1. The second-order valence-corrected chi connectivity index (χ2v) is 5.07. The Balaban J connectivity index is 1.89. The Labute approximate surface area is 124 Å². The molecular weight excluding hydrogens is 270 g/mol. The highest BCUT2D eigenvalue weighted by atomic mass is 16.5. The highest BCUT2D eigenvalue weighted by Crippen LogP contribution is 2.18. The van der Waals surface area contributed by atoms with Crippen molar-refractivity contribution < 1.29 is 14.3 Å². The first-order valence-electron chi connectivity index (χ1n) is 7.00. The van der Waals surface area contributed by atoms with Gasteiger partial charge in [0.05, 0.1) is 19.8 Å². The average molecular weight is 291 g/mol. The van der Waals surface area contributed by atoms with E-state index in [-0.39, 0.29) is 18.4 Å². The molecule has 1 heterocycles. The summed E-state index contributed by atoms with van der Waals surface area (Å²) in [6, 6.07) is 7.71. The van der Waals surface area contributed by atoms with Crippen LogP contribution in [-0.2, 0) is 14.3 Å². The summed E-state index contributed by atoms with van der Waals surface area (Å²) in [5.41, 5.74) is 1.85. The van der Waals surface area contributed by atoms with Crippen molar-refractivity contribution in [2.24, 2.45) is 0 Å². The zero-order valence-electron chi connectivity index (χ0n) is 12.5. The van der Waals surface area contributed by atoms with Crippen molar-refractivity contribution in [3.8, 4) is 0 Å². The molecule has 0 spiro atoms. The van der Waals surface area contributed by atoms with Crippen LogP contribution >= 0.6 is 0 Å². The second-order valence-electron chi connectivity index (χ2n) is 5.07. The molecule has 0 saturated carbocycles. The summed E-state index contributed by atoms with van der Waals surface area (Å²) in [5, 5.41) is 2.78. The fourth-order valence-corrected chi connectivity index (χ4v) is 2.10. The van der Waals surface area contributed by atoms with Crippen LogP contribution in [0.15, 0.2) is 24.3 Å². The Hall–Kier alpha value is -2.08. The Morgan fingerprint density at radius 3 is 2.43 bits per heavy atom. The lowest BCUT2D eigenvalue weighted by Gasteiger charge is -2.28. The normalized spacial score (nSPS) is 14.7. The van der Waals surface area contributed by atoms with Crippen LogP contribution < -0.4 is 10.2 Å². The van der Waals surface area contributed by atoms with E-state index in [1.54, 1.807) is 7.05 Å². The molecule has 1 aromatic carbocycles. The molecular formula is C15H21N3O3. The van der Waals surface area contributed by atoms with Crippen LogP contribution in [0.25, 0.3) is 0 Å². The monoisotopic (exact) mass is 291 g/mol. The van der Waals surface area contributed by atoms with E-state index in [9.17, 15) is 9.59 Å². The summed E-state index contributed by atoms with van der Waals surface area (Å²) in [6.07, 6.45) is 0. The van der Waals surface area contributed by atoms with Gasteiger partial charge < -0.3 is 19.9 Å². The van der Waals surface area contributed by atoms with Crippen molar-refractivity contribution in [1.29, 1.82) is 0 Å². The maximum absolute atomic E-state index is 11.8. The predicted octanol–water partition coefficient (Wildman–Crippen LogP) is 0.940. The number of nitrogens with one attached hydrogen (secondary N) is 1. The Bertz CT molecular complexity index is 495. The molecule has 0 aromatic heterocycles. The van der Waals surface area contributed by atoms with Crippen molar-refractivity contribution in [3.05, 3.63) is 24.3 Å². The highest BCUT2D eigenvalue weighted by Gasteiger charge is 2.12. The number of nitrogens with zero attached hydrogens (tertiary/aromatic N) is 2. The van der Waals surface area contributed by atoms with Gasteiger partial charge in [-0.15, -0.1) is 0 Å². The van der Waals surface area contributed by atoms with Crippen molar-refractivity contribution in [3.63, 3.8) is 0 Å². The van der Waals surface area contributed by atoms with Gasteiger partial charge in [-0.2, -0.15) is 0 Å². The first-order valence-corrected chi connectivity index (χ1v) is 7.00. The van der Waals surface area contributed by atoms with Gasteiger partial charge in [0, 0.05) is 38.4 Å². The molecule has 0 atom stereocenters. The number of anilines is 2. The lowest BCUT2D eigenvalue weighted by atomic mass is 10.2. The second kappa shape index (κ2) is 7.08. The summed E-state index contributed by atoms with van der Waals surface area (Å²) < 4.78 is 5.32. The summed E-state index contributed by atoms with van der Waals surface area (Å²) in [5.74, 6) is -0.334. The number of amides is 2. The van der Waals surface area contributed by atoms with Gasteiger partial charge in [-0.05, 0) is 24.3 Å². The van der Waals surface area contributed by atoms with Gasteiger partial charge in [0.2, 0.25) is 11.8 Å². The maximum atomic E-state index is 11.8. The average Bonchev–Trinajstić information content (AvgIpc) is 2.48. The topological polar surface area (TPSA) is 61.9 Å². The molecule has 6 heteroatoms. The van der Waals surface area contributed by atoms with Gasteiger partial charge in [-0.1, -0.05) is 0 Å². The molecule has 1 N–H and O–H groups in total. The van der Waals surface area contributed by atoms with Crippen molar-refractivity contribution in [1.82, 2.24) is 4.90 Å². The minimum atomic E-state index is -0.202. The molecule has 2 amide bonds. The Kier molecular flexibility index (Phi) is 5.16. The molecule has 1 aliphatic heterocycles. The number of ether oxygens (including phenoxy) is 1. The van der Waals surface area contributed by atoms with E-state index in [1.807, 2.05) is 24.3 Å². The Morgan fingerprint density at radius 2 is 1.86 bits per heavy atom. The summed E-state index contributed by atoms with van der Waals surface area (Å²) in [7, 11) is 1.60. The molecule has 0 bridgehead atoms. The van der Waals surface area contributed by atoms with Crippen molar-refractivity contribution in [2.45, 2.75) is 6.92 Å². The SMILES string of the molecule is CC(=O)N(C)CC(=O)Nc1ccc(N2CCOCC2)cc1. The molecule has 6 nitrogen and oxygen atoms in total. The van der Waals surface area contributed by atoms with Crippen LogP contribution in [-0.4, -0.2) is 56.6 Å². The largest absolute Gasteiger partial charge is 0.378 e. The molecule has 1 aliphatic rings. The molecule has 21 heavy (non-hydrogen) atoms. The van der Waals surface area contributed by atoms with Gasteiger partial charge in [0.25, 0.3) is 0 Å². The molecule has 2 rings (SSSR count). The van der Waals surface area contributed by atoms with Gasteiger partial charge in [0.1, 0.15) is 0 Å². The third-order valence-electron chi connectivity index (χ3n) is 3.45. The van der Waals surface area contributed by atoms with Gasteiger partial charge in [-0.3, -0.25) is 9.59 Å². The zero-order valence-corrected chi connectivity index (χ0v) is 12.5. The Morgan fingerprint density at radius 1 is 1.24 bits per heavy atom. The van der Waals surface area contributed by atoms with Crippen molar-refractivity contribution >= 4 is 23.2 Å². The van der Waals surface area contributed by atoms with E-state index in [4.69, 9.17) is 4.74 Å². The van der Waals surface area contributed by atoms with E-state index in [0.717, 1.165) is 37.7 Å². The zero-order chi connectivity index (χ0) is 15.2. The molecule has 1 aromatic rings. The molecule has 0 radical (unpaired) electrons. The lowest BCUT2D eigenvalue weighted by molar-refractivity contribution is -0.131. The van der Waals surface area contributed by atoms with Crippen LogP contribution in [0, 0.1) is 0 Å². The third-order valence-corrected chi connectivity index (χ3v) is 3.45. The van der Waals surface area contributed by atoms with Crippen LogP contribution in [0.5, 0.6) is 0 Å². The number of morpholine rings is 1. The fourth-order valence-electron chi connectivity index (χ4n) is 2.10. The third kappa shape index (κ3) is 4.46. The number of rotatable bonds is 4.